The first-order chi connectivity index (χ1) is 9.02. The predicted octanol–water partition coefficient (Wildman–Crippen LogP) is 4.08. The summed E-state index contributed by atoms with van der Waals surface area (Å²) in [5, 5.41) is 0. The number of hydrogen-bond donors (Lipinski definition) is 0. The molecule has 19 heavy (non-hydrogen) atoms. The molecule has 1 aromatic carbocycles. The van der Waals surface area contributed by atoms with E-state index in [1.807, 2.05) is 60.6 Å². The second kappa shape index (κ2) is 11.0. The maximum absolute atomic E-state index is 12.0. The van der Waals surface area contributed by atoms with Crippen LogP contribution in [0, 0.1) is 6.92 Å². The summed E-state index contributed by atoms with van der Waals surface area (Å²) >= 11 is 0. The van der Waals surface area contributed by atoms with Gasteiger partial charge in [0.25, 0.3) is 0 Å². The molecule has 1 aromatic rings. The van der Waals surface area contributed by atoms with Crippen molar-refractivity contribution in [3.05, 3.63) is 29.8 Å². The van der Waals surface area contributed by atoms with Crippen LogP contribution in [-0.4, -0.2) is 25.8 Å². The van der Waals surface area contributed by atoms with E-state index in [9.17, 15) is 8.42 Å². The summed E-state index contributed by atoms with van der Waals surface area (Å²) in [6.45, 7) is 14.6. The topological polar surface area (TPSA) is 37.4 Å². The minimum absolute atomic E-state index is 0.372. The molecule has 0 radical (unpaired) electrons. The van der Waals surface area contributed by atoms with E-state index in [-0.39, 0.29) is 0 Å². The highest BCUT2D eigenvalue weighted by Gasteiger charge is 2.20. The fraction of sp³-hybridized carbons (Fsp3) is 0.600. The van der Waals surface area contributed by atoms with Crippen molar-refractivity contribution in [3.63, 3.8) is 0 Å². The van der Waals surface area contributed by atoms with E-state index in [0.717, 1.165) is 5.56 Å². The molecule has 3 nitrogen and oxygen atoms in total. The van der Waals surface area contributed by atoms with Crippen LogP contribution in [0.1, 0.15) is 47.1 Å². The van der Waals surface area contributed by atoms with Gasteiger partial charge in [-0.1, -0.05) is 59.2 Å². The Balaban J connectivity index is 0. The Hall–Kier alpha value is -0.870. The molecule has 0 saturated carbocycles. The Morgan fingerprint density at radius 3 is 1.58 bits per heavy atom. The first kappa shape index (κ1) is 20.4. The molecule has 0 amide bonds. The van der Waals surface area contributed by atoms with Crippen LogP contribution in [0.15, 0.2) is 29.2 Å². The number of benzene rings is 1. The largest absolute Gasteiger partial charge is 0.243 e. The molecule has 1 rings (SSSR count). The van der Waals surface area contributed by atoms with Crippen LogP contribution >= 0.6 is 0 Å². The molecule has 4 heteroatoms. The van der Waals surface area contributed by atoms with Crippen LogP contribution in [0.4, 0.5) is 0 Å². The predicted molar refractivity (Wildman–Crippen MR) is 84.0 cm³/mol. The van der Waals surface area contributed by atoms with Crippen LogP contribution in [0.2, 0.25) is 0 Å². The fourth-order valence-corrected chi connectivity index (χ4v) is 2.88. The Morgan fingerprint density at radius 1 is 0.895 bits per heavy atom. The molecule has 0 N–H and O–H groups in total. The second-order valence-corrected chi connectivity index (χ2v) is 5.34. The van der Waals surface area contributed by atoms with E-state index in [4.69, 9.17) is 0 Å². The van der Waals surface area contributed by atoms with Crippen LogP contribution in [-0.2, 0) is 10.0 Å². The van der Waals surface area contributed by atoms with E-state index in [0.29, 0.717) is 18.0 Å². The molecule has 0 aliphatic rings. The maximum Gasteiger partial charge on any atom is 0.243 e. The van der Waals surface area contributed by atoms with Crippen molar-refractivity contribution < 1.29 is 8.42 Å². The highest BCUT2D eigenvalue weighted by molar-refractivity contribution is 7.89. The first-order valence-corrected chi connectivity index (χ1v) is 8.53. The Kier molecular flexibility index (Phi) is 11.8. The molecule has 0 aliphatic carbocycles. The summed E-state index contributed by atoms with van der Waals surface area (Å²) in [7, 11) is -3.28. The zero-order chi connectivity index (χ0) is 15.5. The van der Waals surface area contributed by atoms with Crippen molar-refractivity contribution in [1.82, 2.24) is 4.31 Å². The highest BCUT2D eigenvalue weighted by atomic mass is 32.2. The van der Waals surface area contributed by atoms with Gasteiger partial charge in [0.2, 0.25) is 10.0 Å². The average Bonchev–Trinajstić information content (AvgIpc) is 2.45. The van der Waals surface area contributed by atoms with Crippen molar-refractivity contribution in [3.8, 4) is 0 Å². The van der Waals surface area contributed by atoms with Gasteiger partial charge in [-0.25, -0.2) is 8.42 Å². The van der Waals surface area contributed by atoms with Crippen LogP contribution in [0.3, 0.4) is 0 Å². The minimum Gasteiger partial charge on any atom is -0.207 e. The van der Waals surface area contributed by atoms with E-state index in [1.54, 1.807) is 12.1 Å². The molecule has 0 atom stereocenters. The van der Waals surface area contributed by atoms with Crippen molar-refractivity contribution in [1.29, 1.82) is 0 Å². The monoisotopic (exact) mass is 287 g/mol. The second-order valence-electron chi connectivity index (χ2n) is 3.40. The summed E-state index contributed by atoms with van der Waals surface area (Å²) in [6.07, 6.45) is 0. The van der Waals surface area contributed by atoms with E-state index in [1.165, 1.54) is 4.31 Å². The molecule has 112 valence electrons. The van der Waals surface area contributed by atoms with E-state index < -0.39 is 10.0 Å². The molecular weight excluding hydrogens is 258 g/mol. The normalized spacial score (nSPS) is 10.1. The van der Waals surface area contributed by atoms with Gasteiger partial charge >= 0.3 is 0 Å². The number of aryl methyl sites for hydroxylation is 1. The van der Waals surface area contributed by atoms with Gasteiger partial charge in [0.15, 0.2) is 0 Å². The Morgan fingerprint density at radius 2 is 1.26 bits per heavy atom. The van der Waals surface area contributed by atoms with Crippen molar-refractivity contribution >= 4 is 10.0 Å². The molecule has 0 saturated heterocycles. The molecule has 0 aliphatic heterocycles. The summed E-state index contributed by atoms with van der Waals surface area (Å²) in [6, 6.07) is 6.94. The van der Waals surface area contributed by atoms with Crippen LogP contribution in [0.5, 0.6) is 0 Å². The number of rotatable bonds is 4. The number of sulfonamides is 1. The molecule has 0 aromatic heterocycles. The lowest BCUT2D eigenvalue weighted by atomic mass is 10.2. The summed E-state index contributed by atoms with van der Waals surface area (Å²) in [5.41, 5.74) is 1.06. The fourth-order valence-electron chi connectivity index (χ4n) is 1.42. The van der Waals surface area contributed by atoms with Gasteiger partial charge in [0.1, 0.15) is 0 Å². The van der Waals surface area contributed by atoms with Gasteiger partial charge < -0.3 is 0 Å². The lowest BCUT2D eigenvalue weighted by molar-refractivity contribution is 0.445. The van der Waals surface area contributed by atoms with Crippen molar-refractivity contribution in [2.75, 3.05) is 13.1 Å². The number of nitrogens with zero attached hydrogens (tertiary/aromatic N) is 1. The molecular formula is C15H29NO2S. The van der Waals surface area contributed by atoms with Gasteiger partial charge in [-0.2, -0.15) is 4.31 Å². The standard InChI is InChI=1S/C11H17NO2S.2C2H6/c1-4-12(5-2)15(13,14)11-8-6-10(3)7-9-11;2*1-2/h6-9H,4-5H2,1-3H3;2*1-2H3. The lowest BCUT2D eigenvalue weighted by Crippen LogP contribution is -2.30. The quantitative estimate of drug-likeness (QED) is 0.837. The zero-order valence-corrected chi connectivity index (χ0v) is 14.2. The summed E-state index contributed by atoms with van der Waals surface area (Å²) in [5.74, 6) is 0. The zero-order valence-electron chi connectivity index (χ0n) is 13.4. The summed E-state index contributed by atoms with van der Waals surface area (Å²) in [4.78, 5) is 0.372. The highest BCUT2D eigenvalue weighted by Crippen LogP contribution is 2.15. The SMILES string of the molecule is CC.CC.CCN(CC)S(=O)(=O)c1ccc(C)cc1. The molecule has 0 spiro atoms. The third kappa shape index (κ3) is 6.21. The van der Waals surface area contributed by atoms with E-state index in [2.05, 4.69) is 0 Å². The van der Waals surface area contributed by atoms with E-state index >= 15 is 0 Å². The van der Waals surface area contributed by atoms with Crippen LogP contribution < -0.4 is 0 Å². The van der Waals surface area contributed by atoms with Gasteiger partial charge in [0.05, 0.1) is 4.90 Å². The smallest absolute Gasteiger partial charge is 0.207 e. The van der Waals surface area contributed by atoms with Gasteiger partial charge in [-0.15, -0.1) is 0 Å². The van der Waals surface area contributed by atoms with Gasteiger partial charge in [-0.05, 0) is 19.1 Å². The first-order valence-electron chi connectivity index (χ1n) is 7.09. The Labute approximate surface area is 119 Å². The third-order valence-corrected chi connectivity index (χ3v) is 4.43. The number of hydrogen-bond acceptors (Lipinski definition) is 2. The van der Waals surface area contributed by atoms with Crippen molar-refractivity contribution in [2.45, 2.75) is 53.4 Å². The molecule has 0 heterocycles. The average molecular weight is 287 g/mol. The minimum atomic E-state index is -3.28. The molecule has 0 unspecified atom stereocenters. The summed E-state index contributed by atoms with van der Waals surface area (Å²) < 4.78 is 25.5. The van der Waals surface area contributed by atoms with Gasteiger partial charge in [0, 0.05) is 13.1 Å². The van der Waals surface area contributed by atoms with Crippen LogP contribution in [0.25, 0.3) is 0 Å². The lowest BCUT2D eigenvalue weighted by Gasteiger charge is -2.18. The molecule has 0 fully saturated rings. The Bertz CT molecular complexity index is 406. The van der Waals surface area contributed by atoms with Crippen molar-refractivity contribution in [2.24, 2.45) is 0 Å². The third-order valence-electron chi connectivity index (χ3n) is 2.36. The van der Waals surface area contributed by atoms with Gasteiger partial charge in [-0.3, -0.25) is 0 Å². The molecule has 0 bridgehead atoms. The maximum atomic E-state index is 12.0.